The molecule has 1 aliphatic rings. The van der Waals surface area contributed by atoms with Crippen molar-refractivity contribution in [2.45, 2.75) is 5.03 Å². The summed E-state index contributed by atoms with van der Waals surface area (Å²) in [6.45, 7) is 1.62. The molecule has 0 bridgehead atoms. The highest BCUT2D eigenvalue weighted by molar-refractivity contribution is 7.89. The first kappa shape index (κ1) is 19.2. The van der Waals surface area contributed by atoms with Crippen LogP contribution in [0.25, 0.3) is 0 Å². The third kappa shape index (κ3) is 3.62. The standard InChI is InChI=1S/C17H23N5O4S/c1-18-16(23)13-12-20(2)19-17(13)27(24,25)22-10-8-21(9-11-22)14-6-4-5-7-15(14)26-3/h4-7,12H,8-11H2,1-3H3,(H,18,23). The number of aromatic nitrogens is 2. The van der Waals surface area contributed by atoms with Crippen LogP contribution in [0.3, 0.4) is 0 Å². The predicted molar refractivity (Wildman–Crippen MR) is 101 cm³/mol. The van der Waals surface area contributed by atoms with Crippen LogP contribution in [0, 0.1) is 0 Å². The highest BCUT2D eigenvalue weighted by atomic mass is 32.2. The molecule has 3 rings (SSSR count). The zero-order valence-electron chi connectivity index (χ0n) is 15.5. The van der Waals surface area contributed by atoms with Crippen LogP contribution >= 0.6 is 0 Å². The number of benzene rings is 1. The first-order valence-corrected chi connectivity index (χ1v) is 9.96. The van der Waals surface area contributed by atoms with E-state index in [0.29, 0.717) is 26.2 Å². The molecule has 10 heteroatoms. The van der Waals surface area contributed by atoms with E-state index in [-0.39, 0.29) is 10.6 Å². The summed E-state index contributed by atoms with van der Waals surface area (Å²) >= 11 is 0. The Morgan fingerprint density at radius 1 is 1.19 bits per heavy atom. The molecular weight excluding hydrogens is 370 g/mol. The van der Waals surface area contributed by atoms with Crippen molar-refractivity contribution in [1.82, 2.24) is 19.4 Å². The average molecular weight is 393 g/mol. The van der Waals surface area contributed by atoms with Gasteiger partial charge in [-0.25, -0.2) is 8.42 Å². The molecule has 1 aromatic carbocycles. The largest absolute Gasteiger partial charge is 0.495 e. The molecular formula is C17H23N5O4S. The molecule has 1 fully saturated rings. The number of anilines is 1. The molecule has 1 aliphatic heterocycles. The topological polar surface area (TPSA) is 96.8 Å². The number of nitrogens with one attached hydrogen (secondary N) is 1. The molecule has 27 heavy (non-hydrogen) atoms. The minimum atomic E-state index is -3.87. The van der Waals surface area contributed by atoms with Gasteiger partial charge in [-0.15, -0.1) is 0 Å². The Labute approximate surface area is 158 Å². The normalized spacial score (nSPS) is 15.6. The van der Waals surface area contributed by atoms with Gasteiger partial charge in [0.25, 0.3) is 15.9 Å². The average Bonchev–Trinajstić information content (AvgIpc) is 3.10. The van der Waals surface area contributed by atoms with E-state index in [1.54, 1.807) is 14.2 Å². The van der Waals surface area contributed by atoms with Gasteiger partial charge in [0.05, 0.1) is 18.4 Å². The predicted octanol–water partition coefficient (Wildman–Crippen LogP) is 0.299. The van der Waals surface area contributed by atoms with Gasteiger partial charge in [-0.05, 0) is 12.1 Å². The Kier molecular flexibility index (Phi) is 5.38. The van der Waals surface area contributed by atoms with E-state index in [4.69, 9.17) is 4.74 Å². The van der Waals surface area contributed by atoms with E-state index in [9.17, 15) is 13.2 Å². The number of hydrogen-bond acceptors (Lipinski definition) is 6. The summed E-state index contributed by atoms with van der Waals surface area (Å²) in [6.07, 6.45) is 1.41. The van der Waals surface area contributed by atoms with Gasteiger partial charge in [0, 0.05) is 46.5 Å². The van der Waals surface area contributed by atoms with E-state index in [0.717, 1.165) is 11.4 Å². The second-order valence-corrected chi connectivity index (χ2v) is 8.02. The molecule has 1 aromatic heterocycles. The fourth-order valence-corrected chi connectivity index (χ4v) is 4.68. The number of piperazine rings is 1. The Balaban J connectivity index is 1.81. The fraction of sp³-hybridized carbons (Fsp3) is 0.412. The number of carbonyl (C=O) groups excluding carboxylic acids is 1. The Bertz CT molecular complexity index is 933. The van der Waals surface area contributed by atoms with E-state index >= 15 is 0 Å². The summed E-state index contributed by atoms with van der Waals surface area (Å²) < 4.78 is 34.2. The summed E-state index contributed by atoms with van der Waals surface area (Å²) in [5.41, 5.74) is 0.980. The second-order valence-electron chi connectivity index (χ2n) is 6.16. The number of rotatable bonds is 5. The molecule has 1 amide bonds. The van der Waals surface area contributed by atoms with E-state index < -0.39 is 15.9 Å². The van der Waals surface area contributed by atoms with Gasteiger partial charge in [-0.1, -0.05) is 12.1 Å². The molecule has 0 unspecified atom stereocenters. The number of amides is 1. The summed E-state index contributed by atoms with van der Waals surface area (Å²) in [5.74, 6) is 0.273. The SMILES string of the molecule is CNC(=O)c1cn(C)nc1S(=O)(=O)N1CCN(c2ccccc2OC)CC1. The van der Waals surface area contributed by atoms with Gasteiger partial charge >= 0.3 is 0 Å². The van der Waals surface area contributed by atoms with Crippen molar-refractivity contribution >= 4 is 21.6 Å². The highest BCUT2D eigenvalue weighted by Crippen LogP contribution is 2.29. The minimum Gasteiger partial charge on any atom is -0.495 e. The molecule has 0 spiro atoms. The number of aryl methyl sites for hydroxylation is 1. The van der Waals surface area contributed by atoms with Crippen molar-refractivity contribution in [2.75, 3.05) is 45.2 Å². The number of methoxy groups -OCH3 is 1. The number of sulfonamides is 1. The zero-order valence-corrected chi connectivity index (χ0v) is 16.4. The molecule has 0 saturated carbocycles. The van der Waals surface area contributed by atoms with Gasteiger partial charge in [0.15, 0.2) is 0 Å². The number of carbonyl (C=O) groups is 1. The lowest BCUT2D eigenvalue weighted by molar-refractivity contribution is 0.0959. The van der Waals surface area contributed by atoms with Crippen LogP contribution < -0.4 is 15.0 Å². The molecule has 0 aliphatic carbocycles. The first-order chi connectivity index (χ1) is 12.9. The van der Waals surface area contributed by atoms with Crippen LogP contribution in [0.2, 0.25) is 0 Å². The Morgan fingerprint density at radius 2 is 1.85 bits per heavy atom. The highest BCUT2D eigenvalue weighted by Gasteiger charge is 2.34. The van der Waals surface area contributed by atoms with Gasteiger partial charge in [0.2, 0.25) is 5.03 Å². The monoisotopic (exact) mass is 393 g/mol. The lowest BCUT2D eigenvalue weighted by Gasteiger charge is -2.35. The van der Waals surface area contributed by atoms with Crippen LogP contribution in [0.1, 0.15) is 10.4 Å². The van der Waals surface area contributed by atoms with Gasteiger partial charge in [-0.2, -0.15) is 9.40 Å². The quantitative estimate of drug-likeness (QED) is 0.785. The molecule has 2 aromatic rings. The third-order valence-corrected chi connectivity index (χ3v) is 6.35. The van der Waals surface area contributed by atoms with Gasteiger partial charge in [-0.3, -0.25) is 9.48 Å². The van der Waals surface area contributed by atoms with E-state index in [1.165, 1.54) is 22.2 Å². The van der Waals surface area contributed by atoms with Crippen LogP contribution in [-0.2, 0) is 17.1 Å². The lowest BCUT2D eigenvalue weighted by atomic mass is 10.2. The van der Waals surface area contributed by atoms with Crippen LogP contribution in [-0.4, -0.2) is 68.7 Å². The number of para-hydroxylation sites is 2. The van der Waals surface area contributed by atoms with Crippen molar-refractivity contribution in [2.24, 2.45) is 7.05 Å². The minimum absolute atomic E-state index is 0.0483. The summed E-state index contributed by atoms with van der Waals surface area (Å²) in [4.78, 5) is 14.1. The van der Waals surface area contributed by atoms with Crippen molar-refractivity contribution in [1.29, 1.82) is 0 Å². The van der Waals surface area contributed by atoms with Crippen LogP contribution in [0.4, 0.5) is 5.69 Å². The van der Waals surface area contributed by atoms with Crippen molar-refractivity contribution < 1.29 is 17.9 Å². The van der Waals surface area contributed by atoms with Crippen LogP contribution in [0.15, 0.2) is 35.5 Å². The maximum atomic E-state index is 13.0. The molecule has 1 N–H and O–H groups in total. The molecule has 1 saturated heterocycles. The zero-order chi connectivity index (χ0) is 19.6. The van der Waals surface area contributed by atoms with Gasteiger partial charge in [0.1, 0.15) is 5.75 Å². The Morgan fingerprint density at radius 3 is 2.48 bits per heavy atom. The van der Waals surface area contributed by atoms with Crippen molar-refractivity contribution in [3.8, 4) is 5.75 Å². The maximum Gasteiger partial charge on any atom is 0.263 e. The van der Waals surface area contributed by atoms with E-state index in [1.807, 2.05) is 24.3 Å². The molecule has 0 radical (unpaired) electrons. The van der Waals surface area contributed by atoms with Crippen LogP contribution in [0.5, 0.6) is 5.75 Å². The summed E-state index contributed by atoms with van der Waals surface area (Å²) in [5, 5.41) is 6.26. The Hall–Kier alpha value is -2.59. The maximum absolute atomic E-state index is 13.0. The number of nitrogens with zero attached hydrogens (tertiary/aromatic N) is 4. The smallest absolute Gasteiger partial charge is 0.263 e. The second kappa shape index (κ2) is 7.57. The molecule has 2 heterocycles. The van der Waals surface area contributed by atoms with Crippen molar-refractivity contribution in [3.05, 3.63) is 36.0 Å². The molecule has 0 atom stereocenters. The van der Waals surface area contributed by atoms with Gasteiger partial charge < -0.3 is 15.0 Å². The first-order valence-electron chi connectivity index (χ1n) is 8.52. The number of ether oxygens (including phenoxy) is 1. The fourth-order valence-electron chi connectivity index (χ4n) is 3.13. The number of hydrogen-bond donors (Lipinski definition) is 1. The molecule has 9 nitrogen and oxygen atoms in total. The summed E-state index contributed by atoms with van der Waals surface area (Å²) in [6, 6.07) is 7.64. The summed E-state index contributed by atoms with van der Waals surface area (Å²) in [7, 11) is 0.791. The van der Waals surface area contributed by atoms with E-state index in [2.05, 4.69) is 15.3 Å². The molecule has 146 valence electrons. The lowest BCUT2D eigenvalue weighted by Crippen LogP contribution is -2.49. The van der Waals surface area contributed by atoms with Crippen molar-refractivity contribution in [3.63, 3.8) is 0 Å². The third-order valence-electron chi connectivity index (χ3n) is 4.52.